The molecule has 0 aliphatic heterocycles. The molecule has 0 saturated heterocycles. The molecular formula is C8H5Br2ClO. The van der Waals surface area contributed by atoms with Gasteiger partial charge in [0.05, 0.1) is 5.02 Å². The average Bonchev–Trinajstić information content (AvgIpc) is 1.96. The molecule has 64 valence electrons. The van der Waals surface area contributed by atoms with Crippen molar-refractivity contribution < 1.29 is 4.79 Å². The molecule has 0 atom stereocenters. The third-order valence-corrected chi connectivity index (χ3v) is 3.55. The minimum atomic E-state index is -0.0341. The van der Waals surface area contributed by atoms with Crippen molar-refractivity contribution >= 4 is 49.2 Å². The van der Waals surface area contributed by atoms with Crippen molar-refractivity contribution in [2.24, 2.45) is 0 Å². The first-order valence-corrected chi connectivity index (χ1v) is 5.14. The minimum absolute atomic E-state index is 0.0341. The number of carbonyl (C=O) groups is 1. The molecule has 0 unspecified atom stereocenters. The summed E-state index contributed by atoms with van der Waals surface area (Å²) in [7, 11) is 0. The monoisotopic (exact) mass is 310 g/mol. The number of hydrogen-bond donors (Lipinski definition) is 0. The van der Waals surface area contributed by atoms with Crippen LogP contribution in [0.15, 0.2) is 21.1 Å². The third kappa shape index (κ3) is 2.09. The second-order valence-corrected chi connectivity index (χ2v) is 4.42. The van der Waals surface area contributed by atoms with Crippen LogP contribution in [0.1, 0.15) is 17.3 Å². The topological polar surface area (TPSA) is 17.1 Å². The van der Waals surface area contributed by atoms with Crippen LogP contribution in [0.5, 0.6) is 0 Å². The SMILES string of the molecule is CC(=O)c1cc(Br)c(Br)cc1Cl. The number of rotatable bonds is 1. The molecule has 1 nitrogen and oxygen atoms in total. The molecule has 0 aromatic heterocycles. The summed E-state index contributed by atoms with van der Waals surface area (Å²) in [4.78, 5) is 11.0. The molecular weight excluding hydrogens is 307 g/mol. The zero-order chi connectivity index (χ0) is 9.30. The van der Waals surface area contributed by atoms with Crippen molar-refractivity contribution in [1.29, 1.82) is 0 Å². The highest BCUT2D eigenvalue weighted by Crippen LogP contribution is 2.29. The van der Waals surface area contributed by atoms with Crippen LogP contribution < -0.4 is 0 Å². The van der Waals surface area contributed by atoms with Gasteiger partial charge in [0.15, 0.2) is 5.78 Å². The Kier molecular flexibility index (Phi) is 3.32. The number of hydrogen-bond acceptors (Lipinski definition) is 1. The van der Waals surface area contributed by atoms with Gasteiger partial charge in [0.1, 0.15) is 0 Å². The standard InChI is InChI=1S/C8H5Br2ClO/c1-4(12)5-2-6(9)7(10)3-8(5)11/h2-3H,1H3. The van der Waals surface area contributed by atoms with E-state index in [0.717, 1.165) is 8.95 Å². The van der Waals surface area contributed by atoms with Gasteiger partial charge in [0, 0.05) is 14.5 Å². The second-order valence-electron chi connectivity index (χ2n) is 2.30. The molecule has 1 rings (SSSR count). The lowest BCUT2D eigenvalue weighted by Crippen LogP contribution is -1.93. The molecule has 1 aromatic rings. The maximum absolute atomic E-state index is 11.0. The van der Waals surface area contributed by atoms with E-state index >= 15 is 0 Å². The molecule has 0 aliphatic carbocycles. The molecule has 0 fully saturated rings. The fraction of sp³-hybridized carbons (Fsp3) is 0.125. The lowest BCUT2D eigenvalue weighted by Gasteiger charge is -2.02. The fourth-order valence-corrected chi connectivity index (χ4v) is 1.91. The second kappa shape index (κ2) is 3.90. The Morgan fingerprint density at radius 3 is 2.33 bits per heavy atom. The van der Waals surface area contributed by atoms with Gasteiger partial charge in [0.25, 0.3) is 0 Å². The van der Waals surface area contributed by atoms with Gasteiger partial charge in [-0.15, -0.1) is 0 Å². The Labute approximate surface area is 92.4 Å². The maximum atomic E-state index is 11.0. The van der Waals surface area contributed by atoms with Crippen LogP contribution in [0.25, 0.3) is 0 Å². The first kappa shape index (κ1) is 10.2. The number of benzene rings is 1. The molecule has 0 heterocycles. The van der Waals surface area contributed by atoms with Crippen molar-refractivity contribution in [2.75, 3.05) is 0 Å². The van der Waals surface area contributed by atoms with Crippen LogP contribution in [-0.4, -0.2) is 5.78 Å². The van der Waals surface area contributed by atoms with Crippen molar-refractivity contribution in [3.05, 3.63) is 31.7 Å². The van der Waals surface area contributed by atoms with E-state index in [9.17, 15) is 4.79 Å². The van der Waals surface area contributed by atoms with E-state index < -0.39 is 0 Å². The van der Waals surface area contributed by atoms with Crippen LogP contribution in [0.4, 0.5) is 0 Å². The first-order valence-electron chi connectivity index (χ1n) is 3.18. The van der Waals surface area contributed by atoms with Crippen molar-refractivity contribution in [2.45, 2.75) is 6.92 Å². The maximum Gasteiger partial charge on any atom is 0.161 e. The molecule has 1 aromatic carbocycles. The van der Waals surface area contributed by atoms with Crippen LogP contribution >= 0.6 is 43.5 Å². The molecule has 0 spiro atoms. The third-order valence-electron chi connectivity index (χ3n) is 1.39. The predicted molar refractivity (Wildman–Crippen MR) is 56.9 cm³/mol. The van der Waals surface area contributed by atoms with E-state index in [2.05, 4.69) is 31.9 Å². The summed E-state index contributed by atoms with van der Waals surface area (Å²) in [6.07, 6.45) is 0. The smallest absolute Gasteiger partial charge is 0.161 e. The van der Waals surface area contributed by atoms with Crippen LogP contribution in [0.3, 0.4) is 0 Å². The zero-order valence-electron chi connectivity index (χ0n) is 6.20. The quantitative estimate of drug-likeness (QED) is 0.564. The van der Waals surface area contributed by atoms with Gasteiger partial charge in [-0.2, -0.15) is 0 Å². The summed E-state index contributed by atoms with van der Waals surface area (Å²) in [5.74, 6) is -0.0341. The Bertz CT molecular complexity index is 336. The number of Topliss-reactive ketones (excluding diaryl/α,β-unsaturated/α-hetero) is 1. The molecule has 0 saturated carbocycles. The highest BCUT2D eigenvalue weighted by Gasteiger charge is 2.08. The van der Waals surface area contributed by atoms with Gasteiger partial charge in [-0.25, -0.2) is 0 Å². The Morgan fingerprint density at radius 2 is 1.83 bits per heavy atom. The molecule has 4 heteroatoms. The van der Waals surface area contributed by atoms with Crippen molar-refractivity contribution in [3.63, 3.8) is 0 Å². The number of ketones is 1. The van der Waals surface area contributed by atoms with Gasteiger partial charge in [-0.1, -0.05) is 11.6 Å². The largest absolute Gasteiger partial charge is 0.294 e. The Morgan fingerprint density at radius 1 is 1.33 bits per heavy atom. The lowest BCUT2D eigenvalue weighted by atomic mass is 10.1. The van der Waals surface area contributed by atoms with E-state index in [0.29, 0.717) is 10.6 Å². The molecule has 0 amide bonds. The van der Waals surface area contributed by atoms with Gasteiger partial charge in [0.2, 0.25) is 0 Å². The summed E-state index contributed by atoms with van der Waals surface area (Å²) < 4.78 is 1.68. The normalized spacial score (nSPS) is 10.0. The zero-order valence-corrected chi connectivity index (χ0v) is 10.1. The lowest BCUT2D eigenvalue weighted by molar-refractivity contribution is 0.101. The molecule has 12 heavy (non-hydrogen) atoms. The minimum Gasteiger partial charge on any atom is -0.294 e. The summed E-state index contributed by atoms with van der Waals surface area (Å²) in [5.41, 5.74) is 0.534. The van der Waals surface area contributed by atoms with E-state index in [1.165, 1.54) is 6.92 Å². The molecule has 0 aliphatic rings. The van der Waals surface area contributed by atoms with Crippen LogP contribution in [0, 0.1) is 0 Å². The molecule has 0 radical (unpaired) electrons. The molecule has 0 N–H and O–H groups in total. The number of halogens is 3. The Balaban J connectivity index is 3.33. The predicted octanol–water partition coefficient (Wildman–Crippen LogP) is 4.07. The van der Waals surface area contributed by atoms with Crippen LogP contribution in [-0.2, 0) is 0 Å². The van der Waals surface area contributed by atoms with Gasteiger partial charge < -0.3 is 0 Å². The summed E-state index contributed by atoms with van der Waals surface area (Å²) in [6, 6.07) is 3.40. The number of carbonyl (C=O) groups excluding carboxylic acids is 1. The van der Waals surface area contributed by atoms with Crippen molar-refractivity contribution in [1.82, 2.24) is 0 Å². The average molecular weight is 312 g/mol. The van der Waals surface area contributed by atoms with E-state index in [1.807, 2.05) is 0 Å². The van der Waals surface area contributed by atoms with E-state index in [1.54, 1.807) is 12.1 Å². The van der Waals surface area contributed by atoms with E-state index in [4.69, 9.17) is 11.6 Å². The van der Waals surface area contributed by atoms with Gasteiger partial charge >= 0.3 is 0 Å². The summed E-state index contributed by atoms with van der Waals surface area (Å²) in [6.45, 7) is 1.49. The highest BCUT2D eigenvalue weighted by atomic mass is 79.9. The van der Waals surface area contributed by atoms with Crippen molar-refractivity contribution in [3.8, 4) is 0 Å². The van der Waals surface area contributed by atoms with E-state index in [-0.39, 0.29) is 5.78 Å². The first-order chi connectivity index (χ1) is 5.52. The highest BCUT2D eigenvalue weighted by molar-refractivity contribution is 9.13. The molecule has 0 bridgehead atoms. The van der Waals surface area contributed by atoms with Gasteiger partial charge in [-0.05, 0) is 50.9 Å². The van der Waals surface area contributed by atoms with Crippen LogP contribution in [0.2, 0.25) is 5.02 Å². The summed E-state index contributed by atoms with van der Waals surface area (Å²) in [5, 5.41) is 0.470. The summed E-state index contributed by atoms with van der Waals surface area (Å²) >= 11 is 12.4. The Hall–Kier alpha value is 0.140. The fourth-order valence-electron chi connectivity index (χ4n) is 0.792. The van der Waals surface area contributed by atoms with Gasteiger partial charge in [-0.3, -0.25) is 4.79 Å².